The van der Waals surface area contributed by atoms with Crippen LogP contribution in [0.3, 0.4) is 0 Å². The monoisotopic (exact) mass is 392 g/mol. The van der Waals surface area contributed by atoms with Crippen LogP contribution in [-0.2, 0) is 11.3 Å². The Balaban J connectivity index is 1.67. The zero-order chi connectivity index (χ0) is 19.9. The van der Waals surface area contributed by atoms with Crippen LogP contribution < -0.4 is 20.5 Å². The van der Waals surface area contributed by atoms with Gasteiger partial charge >= 0.3 is 6.01 Å². The first kappa shape index (κ1) is 20.6. The maximum Gasteiger partial charge on any atom is 0.320 e. The highest BCUT2D eigenvalue weighted by molar-refractivity contribution is 5.83. The van der Waals surface area contributed by atoms with Crippen LogP contribution in [0.2, 0.25) is 0 Å². The minimum atomic E-state index is 0.0297. The van der Waals surface area contributed by atoms with E-state index in [9.17, 15) is 0 Å². The van der Waals surface area contributed by atoms with Crippen molar-refractivity contribution in [3.05, 3.63) is 0 Å². The summed E-state index contributed by atoms with van der Waals surface area (Å²) in [5.74, 6) is 0.303. The van der Waals surface area contributed by atoms with E-state index in [0.29, 0.717) is 35.6 Å². The third-order valence-electron chi connectivity index (χ3n) is 4.88. The van der Waals surface area contributed by atoms with Gasteiger partial charge in [-0.3, -0.25) is 4.57 Å². The molecule has 0 saturated carbocycles. The van der Waals surface area contributed by atoms with Gasteiger partial charge in [-0.15, -0.1) is 0 Å². The van der Waals surface area contributed by atoms with Crippen molar-refractivity contribution in [2.75, 3.05) is 32.5 Å². The maximum atomic E-state index is 6.10. The van der Waals surface area contributed by atoms with Crippen molar-refractivity contribution < 1.29 is 14.2 Å². The first-order chi connectivity index (χ1) is 13.6. The number of ether oxygens (including phenoxy) is 3. The summed E-state index contributed by atoms with van der Waals surface area (Å²) in [5, 5.41) is 3.46. The second-order valence-corrected chi connectivity index (χ2v) is 7.22. The van der Waals surface area contributed by atoms with Crippen LogP contribution in [0.4, 0.5) is 5.82 Å². The van der Waals surface area contributed by atoms with Gasteiger partial charge in [0.25, 0.3) is 6.01 Å². The van der Waals surface area contributed by atoms with Crippen LogP contribution in [0, 0.1) is 0 Å². The summed E-state index contributed by atoms with van der Waals surface area (Å²) in [6.45, 7) is 7.48. The van der Waals surface area contributed by atoms with Gasteiger partial charge in [0.15, 0.2) is 17.0 Å². The molecule has 1 saturated heterocycles. The van der Waals surface area contributed by atoms with E-state index >= 15 is 0 Å². The zero-order valence-corrected chi connectivity index (χ0v) is 17.1. The molecule has 0 aromatic carbocycles. The molecule has 1 unspecified atom stereocenters. The van der Waals surface area contributed by atoms with Crippen LogP contribution >= 0.6 is 0 Å². The van der Waals surface area contributed by atoms with Gasteiger partial charge in [-0.1, -0.05) is 13.3 Å². The standard InChI is InChI=1S/C19H32N6O3/c1-4-7-13(2)28-18-23-16(20)15-17(24-18)25(19(22-15)26-3)10-6-9-21-12-14-8-5-11-27-14/h13-14,21H,4-12H2,1-3H3,(H2,20,23,24)/t13-,14?/m0/s1. The predicted octanol–water partition coefficient (Wildman–Crippen LogP) is 2.14. The first-order valence-corrected chi connectivity index (χ1v) is 10.2. The van der Waals surface area contributed by atoms with Crippen LogP contribution in [0.25, 0.3) is 11.2 Å². The Morgan fingerprint density at radius 3 is 2.93 bits per heavy atom. The number of fused-ring (bicyclic) bond motifs is 1. The number of rotatable bonds is 11. The maximum absolute atomic E-state index is 6.10. The first-order valence-electron chi connectivity index (χ1n) is 10.2. The van der Waals surface area contributed by atoms with Crippen LogP contribution in [-0.4, -0.2) is 58.5 Å². The van der Waals surface area contributed by atoms with E-state index in [0.717, 1.165) is 51.8 Å². The smallest absolute Gasteiger partial charge is 0.320 e. The van der Waals surface area contributed by atoms with Gasteiger partial charge in [0.2, 0.25) is 0 Å². The van der Waals surface area contributed by atoms with Crippen molar-refractivity contribution in [1.82, 2.24) is 24.8 Å². The molecule has 9 heteroatoms. The summed E-state index contributed by atoms with van der Waals surface area (Å²) in [5.41, 5.74) is 7.28. The lowest BCUT2D eigenvalue weighted by molar-refractivity contribution is 0.110. The quantitative estimate of drug-likeness (QED) is 0.560. The highest BCUT2D eigenvalue weighted by atomic mass is 16.5. The summed E-state index contributed by atoms with van der Waals surface area (Å²) in [7, 11) is 1.59. The van der Waals surface area contributed by atoms with Crippen molar-refractivity contribution in [2.24, 2.45) is 0 Å². The Morgan fingerprint density at radius 2 is 2.21 bits per heavy atom. The molecule has 9 nitrogen and oxygen atoms in total. The SMILES string of the molecule is CCC[C@H](C)Oc1nc(N)c2nc(OC)n(CCCNCC3CCCO3)c2n1. The number of aryl methyl sites for hydroxylation is 1. The lowest BCUT2D eigenvalue weighted by Crippen LogP contribution is -2.27. The zero-order valence-electron chi connectivity index (χ0n) is 17.1. The Morgan fingerprint density at radius 1 is 1.36 bits per heavy atom. The molecule has 0 aliphatic carbocycles. The van der Waals surface area contributed by atoms with Gasteiger partial charge < -0.3 is 25.3 Å². The summed E-state index contributed by atoms with van der Waals surface area (Å²) in [6, 6.07) is 0.764. The normalized spacial score (nSPS) is 17.9. The fraction of sp³-hybridized carbons (Fsp3) is 0.737. The number of hydrogen-bond acceptors (Lipinski definition) is 8. The van der Waals surface area contributed by atoms with Crippen LogP contribution in [0.5, 0.6) is 12.0 Å². The van der Waals surface area contributed by atoms with Gasteiger partial charge in [-0.25, -0.2) is 0 Å². The molecule has 3 heterocycles. The van der Waals surface area contributed by atoms with Gasteiger partial charge in [0.05, 0.1) is 19.3 Å². The van der Waals surface area contributed by atoms with Crippen molar-refractivity contribution in [1.29, 1.82) is 0 Å². The largest absolute Gasteiger partial charge is 0.468 e. The van der Waals surface area contributed by atoms with Crippen LogP contribution in [0.15, 0.2) is 0 Å². The Hall–Kier alpha value is -2.13. The van der Waals surface area contributed by atoms with E-state index < -0.39 is 0 Å². The number of methoxy groups -OCH3 is 1. The second kappa shape index (κ2) is 9.88. The minimum Gasteiger partial charge on any atom is -0.468 e. The Kier molecular flexibility index (Phi) is 7.27. The molecular weight excluding hydrogens is 360 g/mol. The number of hydrogen-bond donors (Lipinski definition) is 2. The van der Waals surface area contributed by atoms with Crippen LogP contribution in [0.1, 0.15) is 46.0 Å². The summed E-state index contributed by atoms with van der Waals surface area (Å²) < 4.78 is 18.8. The molecule has 0 radical (unpaired) electrons. The van der Waals surface area contributed by atoms with E-state index in [1.807, 2.05) is 11.5 Å². The van der Waals surface area contributed by atoms with E-state index in [1.54, 1.807) is 7.11 Å². The average molecular weight is 393 g/mol. The van der Waals surface area contributed by atoms with Crippen molar-refractivity contribution in [2.45, 2.75) is 64.7 Å². The average Bonchev–Trinajstić information content (AvgIpc) is 3.30. The molecule has 1 aliphatic rings. The lowest BCUT2D eigenvalue weighted by Gasteiger charge is -2.13. The highest BCUT2D eigenvalue weighted by Gasteiger charge is 2.19. The fourth-order valence-electron chi connectivity index (χ4n) is 3.47. The summed E-state index contributed by atoms with van der Waals surface area (Å²) in [6.07, 6.45) is 5.54. The molecular formula is C19H32N6O3. The van der Waals surface area contributed by atoms with Gasteiger partial charge in [-0.05, 0) is 39.2 Å². The van der Waals surface area contributed by atoms with Crippen molar-refractivity contribution in [3.8, 4) is 12.0 Å². The molecule has 2 aromatic rings. The number of nitrogens with two attached hydrogens (primary N) is 1. The number of imidazole rings is 1. The number of aromatic nitrogens is 4. The van der Waals surface area contributed by atoms with Crippen molar-refractivity contribution >= 4 is 17.0 Å². The van der Waals surface area contributed by atoms with E-state index in [4.69, 9.17) is 19.9 Å². The molecule has 0 spiro atoms. The predicted molar refractivity (Wildman–Crippen MR) is 108 cm³/mol. The van der Waals surface area contributed by atoms with Gasteiger partial charge in [0.1, 0.15) is 0 Å². The molecule has 1 aliphatic heterocycles. The molecule has 28 heavy (non-hydrogen) atoms. The molecule has 3 N–H and O–H groups in total. The molecule has 1 fully saturated rings. The van der Waals surface area contributed by atoms with Gasteiger partial charge in [-0.2, -0.15) is 15.0 Å². The van der Waals surface area contributed by atoms with Gasteiger partial charge in [0, 0.05) is 19.7 Å². The van der Waals surface area contributed by atoms with Crippen molar-refractivity contribution in [3.63, 3.8) is 0 Å². The number of nitrogens with zero attached hydrogens (tertiary/aromatic N) is 4. The third-order valence-corrected chi connectivity index (χ3v) is 4.88. The summed E-state index contributed by atoms with van der Waals surface area (Å²) >= 11 is 0. The topological polar surface area (TPSA) is 109 Å². The van der Waals surface area contributed by atoms with E-state index in [-0.39, 0.29) is 12.1 Å². The molecule has 2 aromatic heterocycles. The second-order valence-electron chi connectivity index (χ2n) is 7.22. The molecule has 156 valence electrons. The number of anilines is 1. The van der Waals surface area contributed by atoms with E-state index in [2.05, 4.69) is 27.2 Å². The Bertz CT molecular complexity index is 760. The Labute approximate surface area is 166 Å². The molecule has 3 rings (SSSR count). The molecule has 2 atom stereocenters. The number of nitrogen functional groups attached to an aromatic ring is 1. The molecule has 0 bridgehead atoms. The molecule has 0 amide bonds. The fourth-order valence-corrected chi connectivity index (χ4v) is 3.47. The van der Waals surface area contributed by atoms with E-state index in [1.165, 1.54) is 0 Å². The number of nitrogens with one attached hydrogen (secondary N) is 1. The third kappa shape index (κ3) is 5.02. The summed E-state index contributed by atoms with van der Waals surface area (Å²) in [4.78, 5) is 13.3. The highest BCUT2D eigenvalue weighted by Crippen LogP contribution is 2.26. The minimum absolute atomic E-state index is 0.0297. The lowest BCUT2D eigenvalue weighted by atomic mass is 10.2.